The summed E-state index contributed by atoms with van der Waals surface area (Å²) >= 11 is 11.7. The van der Waals surface area contributed by atoms with Gasteiger partial charge in [0.05, 0.1) is 21.9 Å². The lowest BCUT2D eigenvalue weighted by Crippen LogP contribution is -2.14. The predicted octanol–water partition coefficient (Wildman–Crippen LogP) is 3.72. The fourth-order valence-electron chi connectivity index (χ4n) is 2.00. The van der Waals surface area contributed by atoms with Crippen molar-refractivity contribution < 1.29 is 8.60 Å². The van der Waals surface area contributed by atoms with Crippen LogP contribution in [0.2, 0.25) is 5.02 Å². The summed E-state index contributed by atoms with van der Waals surface area (Å²) in [6.07, 6.45) is 2.42. The lowest BCUT2D eigenvalue weighted by atomic mass is 10.3. The average molecular weight is 337 g/mol. The molecule has 0 aliphatic carbocycles. The Morgan fingerprint density at radius 3 is 2.80 bits per heavy atom. The third-order valence-corrected chi connectivity index (χ3v) is 5.21. The van der Waals surface area contributed by atoms with Crippen LogP contribution < -0.4 is 0 Å². The van der Waals surface area contributed by atoms with Crippen molar-refractivity contribution in [2.45, 2.75) is 31.0 Å². The topological polar surface area (TPSA) is 34.9 Å². The molecule has 1 aromatic heterocycles. The van der Waals surface area contributed by atoms with Gasteiger partial charge < -0.3 is 4.57 Å². The first-order valence-corrected chi connectivity index (χ1v) is 8.69. The maximum absolute atomic E-state index is 13.5. The number of aryl methyl sites for hydroxylation is 1. The Morgan fingerprint density at radius 1 is 1.50 bits per heavy atom. The van der Waals surface area contributed by atoms with Gasteiger partial charge in [0.25, 0.3) is 0 Å². The minimum Gasteiger partial charge on any atom is -0.327 e. The molecule has 0 N–H and O–H groups in total. The third-order valence-electron chi connectivity index (χ3n) is 3.31. The highest BCUT2D eigenvalue weighted by molar-refractivity contribution is 7.84. The van der Waals surface area contributed by atoms with Crippen LogP contribution in [0.5, 0.6) is 0 Å². The van der Waals surface area contributed by atoms with Crippen molar-refractivity contribution in [1.82, 2.24) is 9.55 Å². The molecule has 0 saturated heterocycles. The first kappa shape index (κ1) is 15.7. The van der Waals surface area contributed by atoms with E-state index in [1.165, 1.54) is 6.07 Å². The van der Waals surface area contributed by atoms with Gasteiger partial charge in [0.2, 0.25) is 0 Å². The summed E-state index contributed by atoms with van der Waals surface area (Å²) < 4.78 is 26.8. The van der Waals surface area contributed by atoms with Gasteiger partial charge in [0.1, 0.15) is 11.6 Å². The van der Waals surface area contributed by atoms with Crippen molar-refractivity contribution in [1.29, 1.82) is 0 Å². The summed E-state index contributed by atoms with van der Waals surface area (Å²) in [5.41, 5.74) is 1.29. The second kappa shape index (κ2) is 6.41. The molecule has 0 saturated carbocycles. The molecule has 2 unspecified atom stereocenters. The zero-order valence-electron chi connectivity index (χ0n) is 11.2. The molecule has 0 aliphatic heterocycles. The van der Waals surface area contributed by atoms with Crippen LogP contribution in [-0.4, -0.2) is 25.3 Å². The summed E-state index contributed by atoms with van der Waals surface area (Å²) in [7, 11) is -0.875. The molecular formula is C13H15Cl2FN2OS. The molecule has 2 aromatic rings. The number of benzene rings is 1. The standard InChI is InChI=1S/C13H15Cl2FN2OS/c1-8(20(2)19)3-4-18-12-5-9(15)10(16)6-11(12)17-13(18)7-14/h5-6,8H,3-4,7H2,1-2H3. The molecule has 0 bridgehead atoms. The van der Waals surface area contributed by atoms with E-state index in [1.54, 1.807) is 12.3 Å². The van der Waals surface area contributed by atoms with Crippen molar-refractivity contribution in [3.05, 3.63) is 28.8 Å². The molecule has 20 heavy (non-hydrogen) atoms. The summed E-state index contributed by atoms with van der Waals surface area (Å²) in [6, 6.07) is 2.87. The van der Waals surface area contributed by atoms with E-state index >= 15 is 0 Å². The summed E-state index contributed by atoms with van der Waals surface area (Å²) in [5.74, 6) is 0.405. The van der Waals surface area contributed by atoms with E-state index in [9.17, 15) is 8.60 Å². The quantitative estimate of drug-likeness (QED) is 0.780. The van der Waals surface area contributed by atoms with Crippen LogP contribution in [0, 0.1) is 5.82 Å². The molecule has 3 nitrogen and oxygen atoms in total. The molecule has 110 valence electrons. The summed E-state index contributed by atoms with van der Waals surface area (Å²) in [4.78, 5) is 4.31. The highest BCUT2D eigenvalue weighted by atomic mass is 35.5. The monoisotopic (exact) mass is 336 g/mol. The van der Waals surface area contributed by atoms with Crippen LogP contribution in [0.1, 0.15) is 19.2 Å². The van der Waals surface area contributed by atoms with Crippen molar-refractivity contribution in [2.24, 2.45) is 0 Å². The lowest BCUT2D eigenvalue weighted by molar-refractivity contribution is 0.616. The number of halogens is 3. The van der Waals surface area contributed by atoms with E-state index in [-0.39, 0.29) is 16.2 Å². The van der Waals surface area contributed by atoms with Crippen LogP contribution >= 0.6 is 23.2 Å². The van der Waals surface area contributed by atoms with Gasteiger partial charge in [-0.2, -0.15) is 0 Å². The van der Waals surface area contributed by atoms with Gasteiger partial charge in [-0.1, -0.05) is 18.5 Å². The van der Waals surface area contributed by atoms with Crippen molar-refractivity contribution >= 4 is 45.0 Å². The molecule has 2 atom stereocenters. The second-order valence-electron chi connectivity index (χ2n) is 4.67. The van der Waals surface area contributed by atoms with Gasteiger partial charge in [-0.05, 0) is 12.5 Å². The van der Waals surface area contributed by atoms with Crippen LogP contribution in [0.4, 0.5) is 4.39 Å². The molecule has 0 fully saturated rings. The number of aromatic nitrogens is 2. The SMILES string of the molecule is CC(CCn1c(CCl)nc2cc(F)c(Cl)cc21)S(C)=O. The predicted molar refractivity (Wildman–Crippen MR) is 82.4 cm³/mol. The molecule has 0 radical (unpaired) electrons. The van der Waals surface area contributed by atoms with Crippen LogP contribution in [0.15, 0.2) is 12.1 Å². The number of fused-ring (bicyclic) bond motifs is 1. The Hall–Kier alpha value is -0.650. The first-order chi connectivity index (χ1) is 9.43. The first-order valence-electron chi connectivity index (χ1n) is 6.16. The van der Waals surface area contributed by atoms with Crippen LogP contribution in [0.3, 0.4) is 0 Å². The smallest absolute Gasteiger partial charge is 0.144 e. The Labute approximate surface area is 129 Å². The lowest BCUT2D eigenvalue weighted by Gasteiger charge is -2.11. The Bertz CT molecular complexity index is 659. The Morgan fingerprint density at radius 2 is 2.20 bits per heavy atom. The summed E-state index contributed by atoms with van der Waals surface area (Å²) in [6.45, 7) is 2.56. The molecule has 0 spiro atoms. The Kier molecular flexibility index (Phi) is 5.04. The van der Waals surface area contributed by atoms with E-state index in [1.807, 2.05) is 11.5 Å². The van der Waals surface area contributed by atoms with E-state index < -0.39 is 16.6 Å². The van der Waals surface area contributed by atoms with E-state index in [2.05, 4.69) is 4.98 Å². The largest absolute Gasteiger partial charge is 0.327 e. The van der Waals surface area contributed by atoms with Gasteiger partial charge >= 0.3 is 0 Å². The molecule has 7 heteroatoms. The van der Waals surface area contributed by atoms with Crippen LogP contribution in [0.25, 0.3) is 11.0 Å². The molecule has 0 amide bonds. The van der Waals surface area contributed by atoms with Crippen LogP contribution in [-0.2, 0) is 23.2 Å². The number of hydrogen-bond acceptors (Lipinski definition) is 2. The van der Waals surface area contributed by atoms with Crippen molar-refractivity contribution in [3.8, 4) is 0 Å². The van der Waals surface area contributed by atoms with Crippen molar-refractivity contribution in [3.63, 3.8) is 0 Å². The van der Waals surface area contributed by atoms with Gasteiger partial charge in [0, 0.05) is 34.9 Å². The number of alkyl halides is 1. The highest BCUT2D eigenvalue weighted by Gasteiger charge is 2.14. The molecule has 1 aromatic carbocycles. The second-order valence-corrected chi connectivity index (χ2v) is 7.14. The maximum Gasteiger partial charge on any atom is 0.144 e. The maximum atomic E-state index is 13.5. The third kappa shape index (κ3) is 3.15. The number of imidazole rings is 1. The number of nitrogens with zero attached hydrogens (tertiary/aromatic N) is 2. The van der Waals surface area contributed by atoms with Gasteiger partial charge in [-0.3, -0.25) is 4.21 Å². The zero-order valence-corrected chi connectivity index (χ0v) is 13.5. The minimum absolute atomic E-state index is 0.0619. The van der Waals surface area contributed by atoms with Gasteiger partial charge in [0.15, 0.2) is 0 Å². The van der Waals surface area contributed by atoms with E-state index in [4.69, 9.17) is 23.2 Å². The van der Waals surface area contributed by atoms with Gasteiger partial charge in [-0.15, -0.1) is 11.6 Å². The normalized spacial score (nSPS) is 14.7. The average Bonchev–Trinajstić information content (AvgIpc) is 2.73. The fourth-order valence-corrected chi connectivity index (χ4v) is 2.80. The van der Waals surface area contributed by atoms with E-state index in [0.717, 1.165) is 11.9 Å². The minimum atomic E-state index is -0.875. The highest BCUT2D eigenvalue weighted by Crippen LogP contribution is 2.25. The Balaban J connectivity index is 2.40. The van der Waals surface area contributed by atoms with Gasteiger partial charge in [-0.25, -0.2) is 9.37 Å². The molecule has 0 aliphatic rings. The fraction of sp³-hybridized carbons (Fsp3) is 0.462. The number of rotatable bonds is 5. The summed E-state index contributed by atoms with van der Waals surface area (Å²) in [5, 5.41) is 0.137. The molecule has 1 heterocycles. The molecule has 2 rings (SSSR count). The van der Waals surface area contributed by atoms with Crippen molar-refractivity contribution in [2.75, 3.05) is 6.26 Å². The molecular weight excluding hydrogens is 322 g/mol. The number of hydrogen-bond donors (Lipinski definition) is 0. The zero-order chi connectivity index (χ0) is 14.9. The van der Waals surface area contributed by atoms with E-state index in [0.29, 0.717) is 17.9 Å².